The van der Waals surface area contributed by atoms with E-state index in [1.165, 1.54) is 5.57 Å². The second-order valence-corrected chi connectivity index (χ2v) is 10.3. The molecule has 4 N–H and O–H groups in total. The van der Waals surface area contributed by atoms with Crippen LogP contribution >= 0.6 is 0 Å². The molecule has 5 rings (SSSR count). The van der Waals surface area contributed by atoms with Crippen LogP contribution in [0.4, 0.5) is 5.82 Å². The Morgan fingerprint density at radius 1 is 1.06 bits per heavy atom. The Morgan fingerprint density at radius 3 is 2.69 bits per heavy atom. The molecule has 1 fully saturated rings. The van der Waals surface area contributed by atoms with Crippen molar-refractivity contribution >= 4 is 16.9 Å². The fourth-order valence-corrected chi connectivity index (χ4v) is 4.93. The van der Waals surface area contributed by atoms with E-state index < -0.39 is 0 Å². The van der Waals surface area contributed by atoms with Crippen LogP contribution in [0, 0.1) is 5.92 Å². The van der Waals surface area contributed by atoms with Gasteiger partial charge in [-0.25, -0.2) is 4.98 Å². The molecule has 0 aromatic carbocycles. The molecule has 3 aromatic heterocycles. The highest BCUT2D eigenvalue weighted by molar-refractivity contribution is 5.81. The Bertz CT molecular complexity index is 1250. The molecule has 0 amide bonds. The van der Waals surface area contributed by atoms with Crippen molar-refractivity contribution in [2.45, 2.75) is 52.7 Å². The first-order valence-electron chi connectivity index (χ1n) is 12.9. The molecule has 0 saturated carbocycles. The van der Waals surface area contributed by atoms with Gasteiger partial charge in [0, 0.05) is 68.0 Å². The van der Waals surface area contributed by atoms with Gasteiger partial charge in [-0.1, -0.05) is 13.8 Å². The summed E-state index contributed by atoms with van der Waals surface area (Å²) in [6.45, 7) is 13.1. The minimum absolute atomic E-state index is 0.433. The molecule has 9 nitrogen and oxygen atoms in total. The van der Waals surface area contributed by atoms with E-state index in [1.54, 1.807) is 0 Å². The third kappa shape index (κ3) is 5.85. The molecule has 0 unspecified atom stereocenters. The number of nitrogens with one attached hydrogen (secondary N) is 4. The van der Waals surface area contributed by atoms with E-state index in [9.17, 15) is 0 Å². The molecule has 2 atom stereocenters. The molecular weight excluding hydrogens is 450 g/mol. The van der Waals surface area contributed by atoms with Crippen molar-refractivity contribution in [3.63, 3.8) is 0 Å². The molecule has 2 aliphatic heterocycles. The summed E-state index contributed by atoms with van der Waals surface area (Å²) >= 11 is 0. The van der Waals surface area contributed by atoms with Crippen molar-refractivity contribution in [2.24, 2.45) is 5.92 Å². The van der Waals surface area contributed by atoms with Gasteiger partial charge in [0.25, 0.3) is 0 Å². The predicted molar refractivity (Wildman–Crippen MR) is 145 cm³/mol. The number of anilines is 1. The van der Waals surface area contributed by atoms with Gasteiger partial charge in [-0.15, -0.1) is 0 Å². The maximum Gasteiger partial charge on any atom is 0.132 e. The second kappa shape index (κ2) is 10.7. The van der Waals surface area contributed by atoms with E-state index in [4.69, 9.17) is 4.98 Å². The summed E-state index contributed by atoms with van der Waals surface area (Å²) in [6.07, 6.45) is 11.1. The number of rotatable bonds is 8. The number of allylic oxidation sites excluding steroid dienone is 2. The van der Waals surface area contributed by atoms with Crippen LogP contribution in [0.25, 0.3) is 22.2 Å². The lowest BCUT2D eigenvalue weighted by molar-refractivity contribution is 0.169. The Balaban J connectivity index is 1.24. The van der Waals surface area contributed by atoms with Crippen LogP contribution in [0.5, 0.6) is 0 Å². The van der Waals surface area contributed by atoms with Gasteiger partial charge >= 0.3 is 0 Å². The third-order valence-corrected chi connectivity index (χ3v) is 6.68. The lowest BCUT2D eigenvalue weighted by Gasteiger charge is -2.36. The Kier molecular flexibility index (Phi) is 7.20. The SMILES string of the molecule is CC(C)C1=CNNC(Nc2ccc3ncc(-c4cnn(CCCN5C[C@@H](C)N[C@@H](C)C5)c4)cc3n2)=C1. The molecular formula is C27H37N9. The van der Waals surface area contributed by atoms with Gasteiger partial charge in [0.05, 0.1) is 17.2 Å². The molecule has 5 heterocycles. The number of hydrogen-bond donors (Lipinski definition) is 4. The van der Waals surface area contributed by atoms with E-state index >= 15 is 0 Å². The zero-order valence-electron chi connectivity index (χ0n) is 21.6. The quantitative estimate of drug-likeness (QED) is 0.384. The molecule has 36 heavy (non-hydrogen) atoms. The van der Waals surface area contributed by atoms with Crippen LogP contribution in [-0.2, 0) is 6.54 Å². The summed E-state index contributed by atoms with van der Waals surface area (Å²) in [6, 6.07) is 7.13. The molecule has 190 valence electrons. The number of nitrogens with zero attached hydrogens (tertiary/aromatic N) is 5. The maximum atomic E-state index is 4.81. The molecule has 0 spiro atoms. The minimum atomic E-state index is 0.433. The topological polar surface area (TPSA) is 95.0 Å². The standard InChI is InChI=1S/C27H37N9/c1-18(2)21-11-27(34-29-13-21)33-26-7-6-24-25(32-26)10-22(12-28-24)23-14-30-36(17-23)9-5-8-35-15-19(3)31-20(4)16-35/h6-7,10-14,17-20,29,31,34H,5,8-9,15-16H2,1-4H3,(H,32,33)/t19-,20+. The monoisotopic (exact) mass is 487 g/mol. The van der Waals surface area contributed by atoms with Crippen LogP contribution in [0.2, 0.25) is 0 Å². The number of aromatic nitrogens is 4. The van der Waals surface area contributed by atoms with Crippen molar-refractivity contribution in [2.75, 3.05) is 25.0 Å². The smallest absolute Gasteiger partial charge is 0.132 e. The van der Waals surface area contributed by atoms with Gasteiger partial charge in [-0.2, -0.15) is 5.10 Å². The summed E-state index contributed by atoms with van der Waals surface area (Å²) in [4.78, 5) is 12.0. The number of hydrazine groups is 1. The van der Waals surface area contributed by atoms with E-state index in [1.807, 2.05) is 35.4 Å². The predicted octanol–water partition coefficient (Wildman–Crippen LogP) is 3.47. The van der Waals surface area contributed by atoms with Gasteiger partial charge < -0.3 is 21.0 Å². The fourth-order valence-electron chi connectivity index (χ4n) is 4.93. The van der Waals surface area contributed by atoms with Gasteiger partial charge in [0.2, 0.25) is 0 Å². The highest BCUT2D eigenvalue weighted by Crippen LogP contribution is 2.23. The van der Waals surface area contributed by atoms with Crippen molar-refractivity contribution in [1.29, 1.82) is 0 Å². The highest BCUT2D eigenvalue weighted by atomic mass is 15.4. The number of fused-ring (bicyclic) bond motifs is 1. The van der Waals surface area contributed by atoms with Crippen molar-refractivity contribution < 1.29 is 0 Å². The molecule has 0 radical (unpaired) electrons. The largest absolute Gasteiger partial charge is 0.325 e. The first-order valence-corrected chi connectivity index (χ1v) is 12.9. The summed E-state index contributed by atoms with van der Waals surface area (Å²) in [5.41, 5.74) is 11.2. The zero-order chi connectivity index (χ0) is 25.1. The Hall–Kier alpha value is -3.43. The first kappa shape index (κ1) is 24.3. The van der Waals surface area contributed by atoms with E-state index in [0.29, 0.717) is 18.0 Å². The van der Waals surface area contributed by atoms with Gasteiger partial charge in [-0.05, 0) is 56.0 Å². The fraction of sp³-hybridized carbons (Fsp3) is 0.444. The van der Waals surface area contributed by atoms with Crippen LogP contribution < -0.4 is 21.5 Å². The van der Waals surface area contributed by atoms with Crippen LogP contribution in [0.1, 0.15) is 34.1 Å². The van der Waals surface area contributed by atoms with E-state index in [-0.39, 0.29) is 0 Å². The summed E-state index contributed by atoms with van der Waals surface area (Å²) in [7, 11) is 0. The molecule has 2 aliphatic rings. The number of piperazine rings is 1. The average molecular weight is 488 g/mol. The lowest BCUT2D eigenvalue weighted by Crippen LogP contribution is -2.54. The van der Waals surface area contributed by atoms with Gasteiger partial charge in [-0.3, -0.25) is 15.1 Å². The van der Waals surface area contributed by atoms with Gasteiger partial charge in [0.15, 0.2) is 0 Å². The molecule has 0 bridgehead atoms. The van der Waals surface area contributed by atoms with Crippen molar-refractivity contribution in [1.82, 2.24) is 40.8 Å². The number of pyridine rings is 2. The summed E-state index contributed by atoms with van der Waals surface area (Å²) in [5.74, 6) is 2.06. The number of aryl methyl sites for hydroxylation is 1. The lowest BCUT2D eigenvalue weighted by atomic mass is 10.0. The zero-order valence-corrected chi connectivity index (χ0v) is 21.6. The first-order chi connectivity index (χ1) is 17.4. The highest BCUT2D eigenvalue weighted by Gasteiger charge is 2.20. The Labute approximate surface area is 213 Å². The van der Waals surface area contributed by atoms with Crippen LogP contribution in [-0.4, -0.2) is 56.4 Å². The second-order valence-electron chi connectivity index (χ2n) is 10.3. The van der Waals surface area contributed by atoms with E-state index in [2.05, 4.69) is 82.5 Å². The van der Waals surface area contributed by atoms with Crippen molar-refractivity contribution in [3.05, 3.63) is 60.5 Å². The molecule has 1 saturated heterocycles. The van der Waals surface area contributed by atoms with E-state index in [0.717, 1.165) is 66.4 Å². The Morgan fingerprint density at radius 2 is 1.89 bits per heavy atom. The maximum absolute atomic E-state index is 4.81. The van der Waals surface area contributed by atoms with Crippen LogP contribution in [0.15, 0.2) is 60.5 Å². The molecule has 9 heteroatoms. The summed E-state index contributed by atoms with van der Waals surface area (Å²) < 4.78 is 2.04. The third-order valence-electron chi connectivity index (χ3n) is 6.68. The minimum Gasteiger partial charge on any atom is -0.325 e. The van der Waals surface area contributed by atoms with Crippen molar-refractivity contribution in [3.8, 4) is 11.1 Å². The van der Waals surface area contributed by atoms with Gasteiger partial charge in [0.1, 0.15) is 11.6 Å². The molecule has 3 aromatic rings. The average Bonchev–Trinajstić information content (AvgIpc) is 3.32. The van der Waals surface area contributed by atoms with Crippen LogP contribution in [0.3, 0.4) is 0 Å². The molecule has 0 aliphatic carbocycles. The number of hydrogen-bond acceptors (Lipinski definition) is 8. The summed E-state index contributed by atoms with van der Waals surface area (Å²) in [5, 5.41) is 11.6. The normalized spacial score (nSPS) is 20.6.